The van der Waals surface area contributed by atoms with Gasteiger partial charge < -0.3 is 11.1 Å². The Hall–Kier alpha value is -3.51. The van der Waals surface area contributed by atoms with Crippen LogP contribution in [-0.4, -0.2) is 16.8 Å². The molecule has 0 saturated heterocycles. The average Bonchev–Trinajstić information content (AvgIpc) is 3.20. The summed E-state index contributed by atoms with van der Waals surface area (Å²) in [6.45, 7) is 2.19. The smallest absolute Gasteiger partial charge is 0.257 e. The fraction of sp³-hybridized carbons (Fsp3) is 0.222. The summed E-state index contributed by atoms with van der Waals surface area (Å²) in [5.41, 5.74) is 10.2. The van der Waals surface area contributed by atoms with Gasteiger partial charge in [-0.3, -0.25) is 9.59 Å². The zero-order chi connectivity index (χ0) is 22.9. The number of thiophene rings is 1. The molecule has 2 aromatic heterocycles. The molecule has 2 heterocycles. The molecule has 5 rings (SSSR count). The molecule has 0 aliphatic heterocycles. The molecule has 0 radical (unpaired) electrons. The quantitative estimate of drug-likeness (QED) is 0.397. The number of carbonyl (C=O) groups excluding carboxylic acids is 2. The molecule has 0 saturated carbocycles. The van der Waals surface area contributed by atoms with Crippen molar-refractivity contribution in [2.45, 2.75) is 32.6 Å². The fourth-order valence-electron chi connectivity index (χ4n) is 4.64. The van der Waals surface area contributed by atoms with Crippen molar-refractivity contribution in [3.63, 3.8) is 0 Å². The number of nitrogens with two attached hydrogens (primary N) is 1. The van der Waals surface area contributed by atoms with E-state index in [1.165, 1.54) is 16.2 Å². The molecular formula is C27H25N3O2S. The third-order valence-electron chi connectivity index (χ3n) is 6.45. The second-order valence-electron chi connectivity index (χ2n) is 8.48. The Balaban J connectivity index is 1.57. The van der Waals surface area contributed by atoms with Gasteiger partial charge in [-0.05, 0) is 42.9 Å². The van der Waals surface area contributed by atoms with Gasteiger partial charge in [0.2, 0.25) is 0 Å². The molecule has 166 valence electrons. The number of primary amides is 1. The number of carbonyl (C=O) groups is 2. The highest BCUT2D eigenvalue weighted by Crippen LogP contribution is 2.40. The van der Waals surface area contributed by atoms with E-state index in [9.17, 15) is 9.59 Å². The Morgan fingerprint density at radius 3 is 2.64 bits per heavy atom. The van der Waals surface area contributed by atoms with E-state index in [0.29, 0.717) is 22.0 Å². The minimum absolute atomic E-state index is 0.265. The molecule has 5 nitrogen and oxygen atoms in total. The van der Waals surface area contributed by atoms with Crippen LogP contribution in [-0.2, 0) is 12.8 Å². The number of para-hydroxylation sites is 1. The predicted octanol–water partition coefficient (Wildman–Crippen LogP) is 5.83. The minimum Gasteiger partial charge on any atom is -0.365 e. The number of aromatic nitrogens is 1. The Bertz CT molecular complexity index is 1360. The first-order chi connectivity index (χ1) is 16.0. The van der Waals surface area contributed by atoms with E-state index in [1.54, 1.807) is 0 Å². The number of nitrogens with one attached hydrogen (secondary N) is 1. The highest BCUT2D eigenvalue weighted by atomic mass is 32.1. The lowest BCUT2D eigenvalue weighted by atomic mass is 9.85. The van der Waals surface area contributed by atoms with Crippen molar-refractivity contribution in [3.05, 3.63) is 82.2 Å². The standard InChI is InChI=1S/C27H25N3O2S/c1-2-16-12-13-19-23(14-16)33-27(24(19)25(28)31)30-26(32)20-15-22(17-8-4-3-5-9-17)29-21-11-7-6-10-18(20)21/h3-11,15-16H,2,12-14H2,1H3,(H2,28,31)(H,30,32). The van der Waals surface area contributed by atoms with Gasteiger partial charge >= 0.3 is 0 Å². The predicted molar refractivity (Wildman–Crippen MR) is 134 cm³/mol. The number of fused-ring (bicyclic) bond motifs is 2. The van der Waals surface area contributed by atoms with Crippen LogP contribution in [0, 0.1) is 5.92 Å². The maximum atomic E-state index is 13.5. The summed E-state index contributed by atoms with van der Waals surface area (Å²) in [4.78, 5) is 31.8. The summed E-state index contributed by atoms with van der Waals surface area (Å²) in [6, 6.07) is 19.2. The summed E-state index contributed by atoms with van der Waals surface area (Å²) < 4.78 is 0. The number of hydrogen-bond acceptors (Lipinski definition) is 4. The summed E-state index contributed by atoms with van der Waals surface area (Å²) in [7, 11) is 0. The van der Waals surface area contributed by atoms with Gasteiger partial charge in [-0.1, -0.05) is 61.9 Å². The van der Waals surface area contributed by atoms with Crippen LogP contribution in [0.5, 0.6) is 0 Å². The van der Waals surface area contributed by atoms with E-state index in [-0.39, 0.29) is 5.91 Å². The van der Waals surface area contributed by atoms with Crippen molar-refractivity contribution in [1.29, 1.82) is 0 Å². The second-order valence-corrected chi connectivity index (χ2v) is 9.59. The molecule has 4 aromatic rings. The Kier molecular flexibility index (Phi) is 5.68. The Morgan fingerprint density at radius 2 is 1.88 bits per heavy atom. The molecule has 2 amide bonds. The number of benzene rings is 2. The SMILES string of the molecule is CCC1CCc2c(sc(NC(=O)c3cc(-c4ccccc4)nc4ccccc34)c2C(N)=O)C1. The maximum absolute atomic E-state index is 13.5. The van der Waals surface area contributed by atoms with Gasteiger partial charge in [-0.15, -0.1) is 11.3 Å². The summed E-state index contributed by atoms with van der Waals surface area (Å²) in [5, 5.41) is 4.34. The maximum Gasteiger partial charge on any atom is 0.257 e. The number of amides is 2. The van der Waals surface area contributed by atoms with E-state index in [2.05, 4.69) is 12.2 Å². The van der Waals surface area contributed by atoms with Crippen LogP contribution in [0.25, 0.3) is 22.2 Å². The Labute approximate surface area is 196 Å². The molecule has 2 aromatic carbocycles. The summed E-state index contributed by atoms with van der Waals surface area (Å²) in [6.07, 6.45) is 3.91. The molecule has 3 N–H and O–H groups in total. The van der Waals surface area contributed by atoms with Gasteiger partial charge in [-0.25, -0.2) is 4.98 Å². The van der Waals surface area contributed by atoms with E-state index in [4.69, 9.17) is 10.7 Å². The molecule has 1 atom stereocenters. The van der Waals surface area contributed by atoms with E-state index in [0.717, 1.165) is 53.4 Å². The molecule has 1 aliphatic rings. The first-order valence-electron chi connectivity index (χ1n) is 11.3. The monoisotopic (exact) mass is 455 g/mol. The Morgan fingerprint density at radius 1 is 1.12 bits per heavy atom. The van der Waals surface area contributed by atoms with E-state index >= 15 is 0 Å². The van der Waals surface area contributed by atoms with Crippen LogP contribution >= 0.6 is 11.3 Å². The van der Waals surface area contributed by atoms with Gasteiger partial charge in [0.1, 0.15) is 5.00 Å². The zero-order valence-corrected chi connectivity index (χ0v) is 19.2. The van der Waals surface area contributed by atoms with Crippen LogP contribution in [0.2, 0.25) is 0 Å². The molecule has 0 bridgehead atoms. The van der Waals surface area contributed by atoms with Gasteiger partial charge in [-0.2, -0.15) is 0 Å². The van der Waals surface area contributed by atoms with E-state index < -0.39 is 5.91 Å². The van der Waals surface area contributed by atoms with Crippen molar-refractivity contribution in [2.75, 3.05) is 5.32 Å². The van der Waals surface area contributed by atoms with Crippen molar-refractivity contribution in [2.24, 2.45) is 11.7 Å². The van der Waals surface area contributed by atoms with Gasteiger partial charge in [0.25, 0.3) is 11.8 Å². The highest BCUT2D eigenvalue weighted by Gasteiger charge is 2.28. The van der Waals surface area contributed by atoms with Crippen LogP contribution in [0.3, 0.4) is 0 Å². The number of rotatable bonds is 5. The summed E-state index contributed by atoms with van der Waals surface area (Å²) >= 11 is 1.49. The lowest BCUT2D eigenvalue weighted by Gasteiger charge is -2.20. The highest BCUT2D eigenvalue weighted by molar-refractivity contribution is 7.17. The second kappa shape index (κ2) is 8.79. The number of nitrogens with zero attached hydrogens (tertiary/aromatic N) is 1. The van der Waals surface area contributed by atoms with Crippen molar-refractivity contribution < 1.29 is 9.59 Å². The normalized spacial score (nSPS) is 15.2. The first-order valence-corrected chi connectivity index (χ1v) is 12.1. The molecule has 1 unspecified atom stereocenters. The number of pyridine rings is 1. The minimum atomic E-state index is -0.484. The molecule has 0 spiro atoms. The van der Waals surface area contributed by atoms with Crippen molar-refractivity contribution >= 4 is 39.1 Å². The van der Waals surface area contributed by atoms with Crippen LogP contribution < -0.4 is 11.1 Å². The molecular weight excluding hydrogens is 430 g/mol. The molecule has 1 aliphatic carbocycles. The fourth-order valence-corrected chi connectivity index (χ4v) is 6.00. The molecule has 33 heavy (non-hydrogen) atoms. The van der Waals surface area contributed by atoms with Crippen molar-refractivity contribution in [3.8, 4) is 11.3 Å². The van der Waals surface area contributed by atoms with Crippen LogP contribution in [0.1, 0.15) is 50.9 Å². The van der Waals surface area contributed by atoms with Gasteiger partial charge in [0, 0.05) is 15.8 Å². The topological polar surface area (TPSA) is 85.1 Å². The van der Waals surface area contributed by atoms with Crippen LogP contribution in [0.4, 0.5) is 5.00 Å². The third-order valence-corrected chi connectivity index (χ3v) is 7.62. The van der Waals surface area contributed by atoms with E-state index in [1.807, 2.05) is 60.7 Å². The number of hydrogen-bond donors (Lipinski definition) is 2. The number of anilines is 1. The molecule has 0 fully saturated rings. The zero-order valence-electron chi connectivity index (χ0n) is 18.4. The van der Waals surface area contributed by atoms with Crippen molar-refractivity contribution in [1.82, 2.24) is 4.98 Å². The first kappa shape index (κ1) is 21.3. The largest absolute Gasteiger partial charge is 0.365 e. The average molecular weight is 456 g/mol. The summed E-state index contributed by atoms with van der Waals surface area (Å²) in [5.74, 6) is -0.140. The van der Waals surface area contributed by atoms with Gasteiger partial charge in [0.05, 0.1) is 22.3 Å². The van der Waals surface area contributed by atoms with Crippen LogP contribution in [0.15, 0.2) is 60.7 Å². The lowest BCUT2D eigenvalue weighted by Crippen LogP contribution is -2.20. The molecule has 6 heteroatoms. The third kappa shape index (κ3) is 4.02. The van der Waals surface area contributed by atoms with Gasteiger partial charge in [0.15, 0.2) is 0 Å². The lowest BCUT2D eigenvalue weighted by molar-refractivity contribution is 0.1000.